The van der Waals surface area contributed by atoms with E-state index in [1.165, 1.54) is 12.0 Å². The molecule has 1 aliphatic carbocycles. The highest BCUT2D eigenvalue weighted by molar-refractivity contribution is 6.42. The van der Waals surface area contributed by atoms with Crippen molar-refractivity contribution in [3.8, 4) is 0 Å². The van der Waals surface area contributed by atoms with Gasteiger partial charge in [-0.1, -0.05) is 29.3 Å². The van der Waals surface area contributed by atoms with Gasteiger partial charge in [0.1, 0.15) is 0 Å². The largest absolute Gasteiger partial charge is 0.390 e. The van der Waals surface area contributed by atoms with E-state index in [1.54, 1.807) is 0 Å². The van der Waals surface area contributed by atoms with Crippen molar-refractivity contribution in [3.05, 3.63) is 33.8 Å². The maximum atomic E-state index is 10.3. The molecule has 21 heavy (non-hydrogen) atoms. The van der Waals surface area contributed by atoms with Crippen LogP contribution in [0.2, 0.25) is 10.0 Å². The minimum atomic E-state index is -0.522. The molecule has 1 saturated heterocycles. The van der Waals surface area contributed by atoms with Crippen LogP contribution in [0.3, 0.4) is 0 Å². The number of rotatable bonds is 2. The second kappa shape index (κ2) is 5.73. The Bertz CT molecular complexity index is 514. The van der Waals surface area contributed by atoms with Gasteiger partial charge in [-0.2, -0.15) is 0 Å². The van der Waals surface area contributed by atoms with E-state index in [-0.39, 0.29) is 5.41 Å². The first kappa shape index (κ1) is 15.6. The van der Waals surface area contributed by atoms with Crippen molar-refractivity contribution >= 4 is 23.2 Å². The van der Waals surface area contributed by atoms with Crippen LogP contribution in [0.25, 0.3) is 0 Å². The third-order valence-electron chi connectivity index (χ3n) is 5.56. The molecule has 2 fully saturated rings. The minimum absolute atomic E-state index is 0.125. The van der Waals surface area contributed by atoms with Gasteiger partial charge in [0.05, 0.1) is 15.6 Å². The maximum Gasteiger partial charge on any atom is 0.0620 e. The van der Waals surface area contributed by atoms with E-state index < -0.39 is 5.60 Å². The van der Waals surface area contributed by atoms with Gasteiger partial charge < -0.3 is 10.4 Å². The predicted octanol–water partition coefficient (Wildman–Crippen LogP) is 4.17. The summed E-state index contributed by atoms with van der Waals surface area (Å²) in [5.41, 5.74) is 0.896. The lowest BCUT2D eigenvalue weighted by Crippen LogP contribution is -2.44. The van der Waals surface area contributed by atoms with Crippen molar-refractivity contribution in [1.82, 2.24) is 5.32 Å². The van der Waals surface area contributed by atoms with Crippen molar-refractivity contribution in [2.24, 2.45) is 5.92 Å². The zero-order valence-corrected chi connectivity index (χ0v) is 14.0. The van der Waals surface area contributed by atoms with Crippen molar-refractivity contribution in [2.75, 3.05) is 13.1 Å². The number of halogens is 2. The first-order chi connectivity index (χ1) is 9.93. The van der Waals surface area contributed by atoms with Gasteiger partial charge in [0.25, 0.3) is 0 Å². The normalized spacial score (nSPS) is 36.9. The Morgan fingerprint density at radius 1 is 1.14 bits per heavy atom. The Morgan fingerprint density at radius 3 is 2.43 bits per heavy atom. The molecule has 2 nitrogen and oxygen atoms in total. The fraction of sp³-hybridized carbons (Fsp3) is 0.647. The fourth-order valence-corrected chi connectivity index (χ4v) is 4.40. The molecule has 3 rings (SSSR count). The van der Waals surface area contributed by atoms with E-state index in [2.05, 4.69) is 11.4 Å². The molecule has 1 aromatic carbocycles. The molecule has 116 valence electrons. The summed E-state index contributed by atoms with van der Waals surface area (Å²) in [7, 11) is 0. The molecule has 1 atom stereocenters. The van der Waals surface area contributed by atoms with Crippen LogP contribution in [0.15, 0.2) is 18.2 Å². The lowest BCUT2D eigenvalue weighted by Gasteiger charge is -2.47. The lowest BCUT2D eigenvalue weighted by molar-refractivity contribution is -0.0105. The van der Waals surface area contributed by atoms with Crippen LogP contribution in [0.5, 0.6) is 0 Å². The molecule has 1 heterocycles. The Labute approximate surface area is 136 Å². The summed E-state index contributed by atoms with van der Waals surface area (Å²) in [6.07, 6.45) is 4.94. The van der Waals surface area contributed by atoms with E-state index in [4.69, 9.17) is 23.2 Å². The molecule has 1 aromatic rings. The second-order valence-electron chi connectivity index (χ2n) is 6.97. The van der Waals surface area contributed by atoms with Crippen molar-refractivity contribution in [2.45, 2.75) is 50.0 Å². The minimum Gasteiger partial charge on any atom is -0.390 e. The fourth-order valence-electron chi connectivity index (χ4n) is 4.10. The molecule has 0 spiro atoms. The van der Waals surface area contributed by atoms with Crippen molar-refractivity contribution in [1.29, 1.82) is 0 Å². The Kier molecular flexibility index (Phi) is 4.26. The summed E-state index contributed by atoms with van der Waals surface area (Å²) >= 11 is 12.3. The Morgan fingerprint density at radius 2 is 1.86 bits per heavy atom. The summed E-state index contributed by atoms with van der Waals surface area (Å²) < 4.78 is 0. The van der Waals surface area contributed by atoms with Gasteiger partial charge in [-0.05, 0) is 81.1 Å². The SMILES string of the molecule is C[C@]1(O)CC[C@@](c2ccc(Cl)c(Cl)c2)([C@H]2CCNC2)CC1. The van der Waals surface area contributed by atoms with E-state index in [0.29, 0.717) is 16.0 Å². The monoisotopic (exact) mass is 327 g/mol. The number of aliphatic hydroxyl groups is 1. The number of nitrogens with one attached hydrogen (secondary N) is 1. The molecular formula is C17H23Cl2NO. The summed E-state index contributed by atoms with van der Waals surface area (Å²) in [4.78, 5) is 0. The average molecular weight is 328 g/mol. The first-order valence-electron chi connectivity index (χ1n) is 7.82. The summed E-state index contributed by atoms with van der Waals surface area (Å²) in [6.45, 7) is 4.10. The summed E-state index contributed by atoms with van der Waals surface area (Å²) in [5, 5.41) is 15.1. The first-order valence-corrected chi connectivity index (χ1v) is 8.57. The van der Waals surface area contributed by atoms with Crippen LogP contribution in [-0.2, 0) is 5.41 Å². The van der Waals surface area contributed by atoms with E-state index in [9.17, 15) is 5.11 Å². The van der Waals surface area contributed by atoms with Crippen LogP contribution in [0.4, 0.5) is 0 Å². The molecule has 1 saturated carbocycles. The lowest BCUT2D eigenvalue weighted by atomic mass is 9.59. The summed E-state index contributed by atoms with van der Waals surface area (Å²) in [6, 6.07) is 6.09. The molecule has 0 aromatic heterocycles. The topological polar surface area (TPSA) is 32.3 Å². The van der Waals surface area contributed by atoms with Crippen LogP contribution in [0, 0.1) is 5.92 Å². The van der Waals surface area contributed by atoms with Gasteiger partial charge in [0, 0.05) is 0 Å². The molecule has 0 unspecified atom stereocenters. The van der Waals surface area contributed by atoms with Crippen LogP contribution in [-0.4, -0.2) is 23.8 Å². The van der Waals surface area contributed by atoms with Gasteiger partial charge in [-0.3, -0.25) is 0 Å². The molecule has 0 radical (unpaired) electrons. The van der Waals surface area contributed by atoms with E-state index in [1.807, 2.05) is 19.1 Å². The third kappa shape index (κ3) is 2.96. The summed E-state index contributed by atoms with van der Waals surface area (Å²) in [5.74, 6) is 0.617. The molecule has 2 aliphatic rings. The third-order valence-corrected chi connectivity index (χ3v) is 6.29. The quantitative estimate of drug-likeness (QED) is 0.854. The van der Waals surface area contributed by atoms with Gasteiger partial charge in [0.15, 0.2) is 0 Å². The smallest absolute Gasteiger partial charge is 0.0620 e. The second-order valence-corrected chi connectivity index (χ2v) is 7.79. The number of benzene rings is 1. The van der Waals surface area contributed by atoms with Crippen LogP contribution in [0.1, 0.15) is 44.6 Å². The van der Waals surface area contributed by atoms with Gasteiger partial charge in [-0.25, -0.2) is 0 Å². The van der Waals surface area contributed by atoms with Gasteiger partial charge in [0.2, 0.25) is 0 Å². The maximum absolute atomic E-state index is 10.3. The van der Waals surface area contributed by atoms with E-state index >= 15 is 0 Å². The number of hydrogen-bond donors (Lipinski definition) is 2. The molecule has 4 heteroatoms. The number of hydrogen-bond acceptors (Lipinski definition) is 2. The standard InChI is InChI=1S/C17H23Cl2NO/c1-16(21)5-7-17(8-6-16,13-4-9-20-11-13)12-2-3-14(18)15(19)10-12/h2-3,10,13,20-21H,4-9,11H2,1H3/t13-,16-,17+/m0/s1. The highest BCUT2D eigenvalue weighted by Crippen LogP contribution is 2.50. The molecule has 0 amide bonds. The molecular weight excluding hydrogens is 305 g/mol. The van der Waals surface area contributed by atoms with Crippen LogP contribution >= 0.6 is 23.2 Å². The Hall–Kier alpha value is -0.280. The van der Waals surface area contributed by atoms with E-state index in [0.717, 1.165) is 38.8 Å². The zero-order valence-electron chi connectivity index (χ0n) is 12.5. The molecule has 1 aliphatic heterocycles. The predicted molar refractivity (Wildman–Crippen MR) is 88.2 cm³/mol. The zero-order chi connectivity index (χ0) is 15.1. The molecule has 2 N–H and O–H groups in total. The van der Waals surface area contributed by atoms with Gasteiger partial charge in [-0.15, -0.1) is 0 Å². The molecule has 0 bridgehead atoms. The average Bonchev–Trinajstić information content (AvgIpc) is 2.97. The van der Waals surface area contributed by atoms with Crippen molar-refractivity contribution in [3.63, 3.8) is 0 Å². The Balaban J connectivity index is 1.98. The highest BCUT2D eigenvalue weighted by Gasteiger charge is 2.46. The van der Waals surface area contributed by atoms with Crippen LogP contribution < -0.4 is 5.32 Å². The van der Waals surface area contributed by atoms with Gasteiger partial charge >= 0.3 is 0 Å². The highest BCUT2D eigenvalue weighted by atomic mass is 35.5. The van der Waals surface area contributed by atoms with Crippen molar-refractivity contribution < 1.29 is 5.11 Å².